The molecule has 2 rings (SSSR count). The van der Waals surface area contributed by atoms with Gasteiger partial charge in [-0.15, -0.1) is 0 Å². The van der Waals surface area contributed by atoms with Crippen molar-refractivity contribution in [1.29, 1.82) is 0 Å². The maximum atomic E-state index is 13.1. The molecule has 2 nitrogen and oxygen atoms in total. The molecule has 0 saturated carbocycles. The summed E-state index contributed by atoms with van der Waals surface area (Å²) in [5.74, 6) is 0. The summed E-state index contributed by atoms with van der Waals surface area (Å²) >= 11 is 0. The number of halogens is 3. The number of aromatic nitrogens is 1. The van der Waals surface area contributed by atoms with Gasteiger partial charge in [0.05, 0.1) is 5.56 Å². The Morgan fingerprint density at radius 1 is 1.18 bits per heavy atom. The number of alkyl halides is 3. The van der Waals surface area contributed by atoms with Gasteiger partial charge in [0.1, 0.15) is 0 Å². The third-order valence-electron chi connectivity index (χ3n) is 3.42. The molecule has 5 heteroatoms. The van der Waals surface area contributed by atoms with E-state index in [1.54, 1.807) is 0 Å². The van der Waals surface area contributed by atoms with Gasteiger partial charge in [0.2, 0.25) is 0 Å². The Morgan fingerprint density at radius 2 is 1.86 bits per heavy atom. The zero-order chi connectivity index (χ0) is 16.2. The van der Waals surface area contributed by atoms with Gasteiger partial charge in [-0.3, -0.25) is 4.98 Å². The second kappa shape index (κ2) is 6.64. The maximum Gasteiger partial charge on any atom is 0.417 e. The maximum absolute atomic E-state index is 13.1. The van der Waals surface area contributed by atoms with E-state index in [0.29, 0.717) is 18.8 Å². The van der Waals surface area contributed by atoms with Gasteiger partial charge in [-0.25, -0.2) is 0 Å². The average Bonchev–Trinajstić information content (AvgIpc) is 2.52. The Morgan fingerprint density at radius 3 is 2.45 bits per heavy atom. The average molecular weight is 306 g/mol. The lowest BCUT2D eigenvalue weighted by Crippen LogP contribution is -2.22. The van der Waals surface area contributed by atoms with Crippen LogP contribution in [0.2, 0.25) is 0 Å². The van der Waals surface area contributed by atoms with Crippen LogP contribution in [0.5, 0.6) is 0 Å². The summed E-state index contributed by atoms with van der Waals surface area (Å²) in [6.07, 6.45) is -2.06. The topological polar surface area (TPSA) is 16.1 Å². The third-order valence-corrected chi connectivity index (χ3v) is 3.42. The number of hydrogen-bond acceptors (Lipinski definition) is 2. The van der Waals surface area contributed by atoms with E-state index in [9.17, 15) is 13.2 Å². The number of nitrogens with zero attached hydrogens (tertiary/aromatic N) is 2. The zero-order valence-corrected chi connectivity index (χ0v) is 12.3. The molecule has 0 aliphatic carbocycles. The van der Waals surface area contributed by atoms with Gasteiger partial charge in [-0.2, -0.15) is 13.2 Å². The number of hydrogen-bond donors (Lipinski definition) is 0. The van der Waals surface area contributed by atoms with E-state index in [0.717, 1.165) is 17.8 Å². The van der Waals surface area contributed by atoms with Crippen LogP contribution < -0.4 is 0 Å². The van der Waals surface area contributed by atoms with Crippen LogP contribution >= 0.6 is 0 Å². The van der Waals surface area contributed by atoms with Crippen LogP contribution in [0.25, 0.3) is 5.70 Å². The van der Waals surface area contributed by atoms with Gasteiger partial charge in [-0.05, 0) is 18.6 Å². The van der Waals surface area contributed by atoms with Crippen LogP contribution in [0.15, 0.2) is 55.4 Å². The lowest BCUT2D eigenvalue weighted by molar-refractivity contribution is -0.137. The molecule has 0 fully saturated rings. The van der Waals surface area contributed by atoms with E-state index >= 15 is 0 Å². The molecule has 1 aromatic carbocycles. The molecule has 1 aromatic heterocycles. The molecule has 0 unspecified atom stereocenters. The fourth-order valence-corrected chi connectivity index (χ4v) is 2.24. The molecule has 0 atom stereocenters. The first-order valence-corrected chi connectivity index (χ1v) is 6.92. The Hall–Kier alpha value is -2.30. The van der Waals surface area contributed by atoms with Crippen molar-refractivity contribution in [2.24, 2.45) is 0 Å². The molecule has 0 spiro atoms. The Balaban J connectivity index is 2.30. The van der Waals surface area contributed by atoms with E-state index in [2.05, 4.69) is 11.6 Å². The minimum absolute atomic E-state index is 0.0211. The smallest absolute Gasteiger partial charge is 0.367 e. The molecule has 0 bridgehead atoms. The van der Waals surface area contributed by atoms with Crippen molar-refractivity contribution < 1.29 is 13.2 Å². The van der Waals surface area contributed by atoms with E-state index in [1.165, 1.54) is 6.20 Å². The van der Waals surface area contributed by atoms with Crippen LogP contribution in [0.4, 0.5) is 13.2 Å². The molecule has 1 heterocycles. The van der Waals surface area contributed by atoms with Crippen molar-refractivity contribution in [2.45, 2.75) is 19.6 Å². The van der Waals surface area contributed by atoms with Gasteiger partial charge in [0.25, 0.3) is 0 Å². The summed E-state index contributed by atoms with van der Waals surface area (Å²) in [6.45, 7) is 6.80. The second-order valence-corrected chi connectivity index (χ2v) is 4.87. The van der Waals surface area contributed by atoms with Gasteiger partial charge < -0.3 is 4.90 Å². The summed E-state index contributed by atoms with van der Waals surface area (Å²) < 4.78 is 39.3. The zero-order valence-electron chi connectivity index (χ0n) is 12.3. The highest BCUT2D eigenvalue weighted by molar-refractivity contribution is 5.64. The van der Waals surface area contributed by atoms with Crippen LogP contribution in [-0.4, -0.2) is 16.4 Å². The number of pyridine rings is 1. The molecule has 116 valence electrons. The molecule has 0 amide bonds. The number of rotatable bonds is 5. The summed E-state index contributed by atoms with van der Waals surface area (Å²) in [7, 11) is 0. The van der Waals surface area contributed by atoms with Crippen molar-refractivity contribution in [3.63, 3.8) is 0 Å². The van der Waals surface area contributed by atoms with E-state index in [1.807, 2.05) is 42.2 Å². The molecule has 0 radical (unpaired) electrons. The Bertz CT molecular complexity index is 636. The van der Waals surface area contributed by atoms with Crippen molar-refractivity contribution in [3.8, 4) is 0 Å². The molecule has 0 aliphatic heterocycles. The predicted molar refractivity (Wildman–Crippen MR) is 80.8 cm³/mol. The minimum Gasteiger partial charge on any atom is -0.367 e. The minimum atomic E-state index is -4.42. The van der Waals surface area contributed by atoms with Crippen LogP contribution in [0.3, 0.4) is 0 Å². The predicted octanol–water partition coefficient (Wildman–Crippen LogP) is 4.59. The van der Waals surface area contributed by atoms with E-state index in [-0.39, 0.29) is 5.56 Å². The lowest BCUT2D eigenvalue weighted by Gasteiger charge is -2.27. The highest BCUT2D eigenvalue weighted by atomic mass is 19.4. The normalized spacial score (nSPS) is 11.3. The van der Waals surface area contributed by atoms with Crippen LogP contribution in [-0.2, 0) is 12.7 Å². The SMILES string of the molecule is C=C(c1cnccc1C(F)(F)F)N(CC)Cc1ccccc1. The standard InChI is InChI=1S/C17H17F3N2/c1-3-22(12-14-7-5-4-6-8-14)13(2)15-11-21-10-9-16(15)17(18,19)20/h4-11H,2-3,12H2,1H3. The molecule has 0 saturated heterocycles. The summed E-state index contributed by atoms with van der Waals surface area (Å²) in [6, 6.07) is 10.6. The number of benzene rings is 1. The molecule has 0 N–H and O–H groups in total. The second-order valence-electron chi connectivity index (χ2n) is 4.87. The first-order chi connectivity index (χ1) is 10.4. The molecular weight excluding hydrogens is 289 g/mol. The first kappa shape index (κ1) is 16.1. The van der Waals surface area contributed by atoms with Crippen LogP contribution in [0, 0.1) is 0 Å². The van der Waals surface area contributed by atoms with Crippen LogP contribution in [0.1, 0.15) is 23.6 Å². The largest absolute Gasteiger partial charge is 0.417 e. The van der Waals surface area contributed by atoms with Gasteiger partial charge in [0, 0.05) is 36.7 Å². The third kappa shape index (κ3) is 3.67. The molecular formula is C17H17F3N2. The lowest BCUT2D eigenvalue weighted by atomic mass is 10.1. The highest BCUT2D eigenvalue weighted by Gasteiger charge is 2.34. The van der Waals surface area contributed by atoms with E-state index in [4.69, 9.17) is 0 Å². The Kier molecular flexibility index (Phi) is 4.85. The molecule has 22 heavy (non-hydrogen) atoms. The van der Waals surface area contributed by atoms with Gasteiger partial charge in [-0.1, -0.05) is 36.9 Å². The monoisotopic (exact) mass is 306 g/mol. The van der Waals surface area contributed by atoms with Crippen molar-refractivity contribution in [3.05, 3.63) is 72.1 Å². The molecule has 0 aliphatic rings. The summed E-state index contributed by atoms with van der Waals surface area (Å²) in [5, 5.41) is 0. The van der Waals surface area contributed by atoms with Crippen molar-refractivity contribution in [1.82, 2.24) is 9.88 Å². The quantitative estimate of drug-likeness (QED) is 0.803. The first-order valence-electron chi connectivity index (χ1n) is 6.92. The Labute approximate surface area is 127 Å². The van der Waals surface area contributed by atoms with Gasteiger partial charge >= 0.3 is 6.18 Å². The van der Waals surface area contributed by atoms with Crippen molar-refractivity contribution >= 4 is 5.70 Å². The molecule has 2 aromatic rings. The fourth-order valence-electron chi connectivity index (χ4n) is 2.24. The summed E-state index contributed by atoms with van der Waals surface area (Å²) in [5.41, 5.74) is 0.654. The highest BCUT2D eigenvalue weighted by Crippen LogP contribution is 2.35. The summed E-state index contributed by atoms with van der Waals surface area (Å²) in [4.78, 5) is 5.62. The fraction of sp³-hybridized carbons (Fsp3) is 0.235. The van der Waals surface area contributed by atoms with Gasteiger partial charge in [0.15, 0.2) is 0 Å². The van der Waals surface area contributed by atoms with Crippen molar-refractivity contribution in [2.75, 3.05) is 6.54 Å². The van der Waals surface area contributed by atoms with E-state index < -0.39 is 11.7 Å².